The molecule has 316 valence electrons. The highest BCUT2D eigenvalue weighted by Crippen LogP contribution is 2.49. The van der Waals surface area contributed by atoms with Crippen LogP contribution in [0.2, 0.25) is 0 Å². The van der Waals surface area contributed by atoms with Gasteiger partial charge >= 0.3 is 0 Å². The Morgan fingerprint density at radius 2 is 0.687 bits per heavy atom. The van der Waals surface area contributed by atoms with Crippen molar-refractivity contribution >= 4 is 76.0 Å². The van der Waals surface area contributed by atoms with Crippen LogP contribution in [0.15, 0.2) is 254 Å². The molecule has 0 atom stereocenters. The van der Waals surface area contributed by atoms with E-state index in [0.29, 0.717) is 0 Å². The molecule has 0 N–H and O–H groups in total. The number of para-hydroxylation sites is 1. The van der Waals surface area contributed by atoms with Gasteiger partial charge in [0.05, 0.1) is 0 Å². The van der Waals surface area contributed by atoms with E-state index in [1.807, 2.05) is 0 Å². The summed E-state index contributed by atoms with van der Waals surface area (Å²) < 4.78 is 0. The van der Waals surface area contributed by atoms with Gasteiger partial charge in [-0.15, -0.1) is 0 Å². The molecule has 0 saturated carbocycles. The fraction of sp³-hybridized carbons (Fsp3) is 0.0303. The van der Waals surface area contributed by atoms with Crippen LogP contribution in [0.4, 0.5) is 11.4 Å². The molecule has 1 nitrogen and oxygen atoms in total. The largest absolute Gasteiger partial charge is 0.311 e. The van der Waals surface area contributed by atoms with E-state index < -0.39 is 0 Å². The van der Waals surface area contributed by atoms with E-state index in [-0.39, 0.29) is 0 Å². The lowest BCUT2D eigenvalue weighted by Gasteiger charge is -2.27. The molecule has 0 heterocycles. The van der Waals surface area contributed by atoms with Gasteiger partial charge in [0, 0.05) is 17.1 Å². The van der Waals surface area contributed by atoms with Crippen molar-refractivity contribution in [1.82, 2.24) is 0 Å². The van der Waals surface area contributed by atoms with Crippen LogP contribution < -0.4 is 4.90 Å². The lowest BCUT2D eigenvalue weighted by Crippen LogP contribution is -2.15. The third kappa shape index (κ3) is 6.87. The van der Waals surface area contributed by atoms with E-state index in [1.165, 1.54) is 109 Å². The summed E-state index contributed by atoms with van der Waals surface area (Å²) in [6, 6.07) is 85.3. The Kier molecular flexibility index (Phi) is 10.0. The van der Waals surface area contributed by atoms with Gasteiger partial charge in [0.2, 0.25) is 0 Å². The molecule has 0 radical (unpaired) electrons. The topological polar surface area (TPSA) is 3.24 Å². The van der Waals surface area contributed by atoms with Crippen molar-refractivity contribution in [2.45, 2.75) is 13.8 Å². The zero-order valence-electron chi connectivity index (χ0n) is 37.6. The summed E-state index contributed by atoms with van der Waals surface area (Å²) in [6.45, 7) is 4.19. The van der Waals surface area contributed by atoms with Crippen molar-refractivity contribution in [1.29, 1.82) is 0 Å². The lowest BCUT2D eigenvalue weighted by molar-refractivity contribution is 1.20. The Labute approximate surface area is 391 Å². The van der Waals surface area contributed by atoms with E-state index in [4.69, 9.17) is 0 Å². The molecule has 0 aliphatic rings. The van der Waals surface area contributed by atoms with Crippen molar-refractivity contribution in [2.24, 2.45) is 0 Å². The molecule has 0 fully saturated rings. The summed E-state index contributed by atoms with van der Waals surface area (Å²) in [6.07, 6.45) is 6.47. The van der Waals surface area contributed by atoms with Crippen LogP contribution in [0, 0.1) is 0 Å². The molecule has 12 aromatic carbocycles. The van der Waals surface area contributed by atoms with Crippen LogP contribution in [0.3, 0.4) is 0 Å². The number of hydrogen-bond donors (Lipinski definition) is 0. The van der Waals surface area contributed by atoms with Crippen LogP contribution >= 0.6 is 0 Å². The second kappa shape index (κ2) is 16.8. The van der Waals surface area contributed by atoms with Crippen LogP contribution in [-0.4, -0.2) is 0 Å². The maximum atomic E-state index is 2.49. The van der Waals surface area contributed by atoms with E-state index >= 15 is 0 Å². The summed E-state index contributed by atoms with van der Waals surface area (Å²) in [7, 11) is 0. The molecular weight excluding hydrogens is 807 g/mol. The molecule has 0 saturated heterocycles. The Balaban J connectivity index is 1.13. The molecule has 1 heteroatoms. The number of nitrogens with zero attached hydrogens (tertiary/aromatic N) is 1. The van der Waals surface area contributed by atoms with Crippen molar-refractivity contribution in [3.8, 4) is 44.5 Å². The van der Waals surface area contributed by atoms with E-state index in [2.05, 4.69) is 267 Å². The van der Waals surface area contributed by atoms with Crippen molar-refractivity contribution in [3.63, 3.8) is 0 Å². The van der Waals surface area contributed by atoms with Gasteiger partial charge in [-0.2, -0.15) is 0 Å². The minimum absolute atomic E-state index is 1.11. The average molecular weight is 854 g/mol. The Hall–Kier alpha value is -8.52. The van der Waals surface area contributed by atoms with Crippen LogP contribution in [0.1, 0.15) is 13.8 Å². The molecular formula is C66H47N. The number of benzene rings is 12. The Morgan fingerprint density at radius 3 is 1.18 bits per heavy atom. The summed E-state index contributed by atoms with van der Waals surface area (Å²) in [5.74, 6) is 0. The smallest absolute Gasteiger partial charge is 0.0467 e. The quantitative estimate of drug-likeness (QED) is 0.109. The first-order valence-electron chi connectivity index (χ1n) is 23.3. The molecule has 12 rings (SSSR count). The minimum Gasteiger partial charge on any atom is -0.311 e. The van der Waals surface area contributed by atoms with E-state index in [9.17, 15) is 0 Å². The molecule has 0 aromatic heterocycles. The van der Waals surface area contributed by atoms with Gasteiger partial charge < -0.3 is 4.90 Å². The first-order chi connectivity index (χ1) is 33.2. The highest BCUT2D eigenvalue weighted by atomic mass is 15.1. The number of fused-ring (bicyclic) bond motifs is 6. The zero-order chi connectivity index (χ0) is 44.8. The molecule has 0 aliphatic carbocycles. The van der Waals surface area contributed by atoms with Gasteiger partial charge in [-0.1, -0.05) is 200 Å². The highest BCUT2D eigenvalue weighted by molar-refractivity contribution is 6.25. The summed E-state index contributed by atoms with van der Waals surface area (Å²) in [5, 5.41) is 14.8. The van der Waals surface area contributed by atoms with Gasteiger partial charge in [0.1, 0.15) is 0 Å². The predicted octanol–water partition coefficient (Wildman–Crippen LogP) is 18.9. The van der Waals surface area contributed by atoms with Gasteiger partial charge in [-0.3, -0.25) is 0 Å². The van der Waals surface area contributed by atoms with Gasteiger partial charge in [0.25, 0.3) is 0 Å². The summed E-state index contributed by atoms with van der Waals surface area (Å²) >= 11 is 0. The summed E-state index contributed by atoms with van der Waals surface area (Å²) in [4.78, 5) is 2.35. The molecule has 12 aromatic rings. The van der Waals surface area contributed by atoms with Gasteiger partial charge in [-0.25, -0.2) is 0 Å². The molecule has 67 heavy (non-hydrogen) atoms. The predicted molar refractivity (Wildman–Crippen MR) is 290 cm³/mol. The fourth-order valence-electron chi connectivity index (χ4n) is 10.7. The first-order valence-corrected chi connectivity index (χ1v) is 23.3. The molecule has 0 bridgehead atoms. The maximum absolute atomic E-state index is 2.49. The SMILES string of the molecule is C/C=C\C(=C/C)N(c1ccccc1)c1cccc(-c2c3ccccc3c(-c3ccc4c(-c5ccc6ccccc6c5)c5ccccc5c(-c5ccc6ccccc6c5)c4c3)c3ccccc23)c1. The van der Waals surface area contributed by atoms with E-state index in [1.54, 1.807) is 0 Å². The minimum atomic E-state index is 1.11. The van der Waals surface area contributed by atoms with Crippen molar-refractivity contribution in [3.05, 3.63) is 254 Å². The zero-order valence-corrected chi connectivity index (χ0v) is 37.6. The average Bonchev–Trinajstić information content (AvgIpc) is 3.39. The second-order valence-corrected chi connectivity index (χ2v) is 17.5. The highest BCUT2D eigenvalue weighted by Gasteiger charge is 2.22. The second-order valence-electron chi connectivity index (χ2n) is 17.5. The number of hydrogen-bond acceptors (Lipinski definition) is 1. The van der Waals surface area contributed by atoms with Crippen molar-refractivity contribution in [2.75, 3.05) is 4.90 Å². The van der Waals surface area contributed by atoms with Crippen LogP contribution in [0.25, 0.3) is 109 Å². The standard InChI is InChI=1S/C66H47N/c1-3-19-52(4-2)67(53-25-6-5-7-26-53)54-27-18-24-48(42-54)63-55-28-12-14-30-57(55)65(58-31-15-13-29-56(58)63)51-38-39-61-62(43-51)66(50-37-35-45-21-9-11-23-47(45)41-50)60-33-17-16-32-59(60)64(61)49-36-34-44-20-8-10-22-46(44)40-49/h3-43H,1-2H3/b19-3-,52-4+. The Bertz CT molecular complexity index is 3890. The molecule has 0 amide bonds. The summed E-state index contributed by atoms with van der Waals surface area (Å²) in [5.41, 5.74) is 13.1. The van der Waals surface area contributed by atoms with Gasteiger partial charge in [0.15, 0.2) is 0 Å². The van der Waals surface area contributed by atoms with Gasteiger partial charge in [-0.05, 0) is 172 Å². The third-order valence-corrected chi connectivity index (χ3v) is 13.6. The number of allylic oxidation sites excluding steroid dienone is 3. The monoisotopic (exact) mass is 853 g/mol. The molecule has 0 spiro atoms. The fourth-order valence-corrected chi connectivity index (χ4v) is 10.7. The Morgan fingerprint density at radius 1 is 0.299 bits per heavy atom. The third-order valence-electron chi connectivity index (χ3n) is 13.6. The normalized spacial score (nSPS) is 12.1. The number of anilines is 2. The van der Waals surface area contributed by atoms with E-state index in [0.717, 1.165) is 17.1 Å². The number of rotatable bonds is 8. The molecule has 0 aliphatic heterocycles. The van der Waals surface area contributed by atoms with Crippen molar-refractivity contribution < 1.29 is 0 Å². The van der Waals surface area contributed by atoms with Crippen LogP contribution in [-0.2, 0) is 0 Å². The first kappa shape index (κ1) is 40.0. The maximum Gasteiger partial charge on any atom is 0.0467 e. The lowest BCUT2D eigenvalue weighted by atomic mass is 9.82. The van der Waals surface area contributed by atoms with Crippen LogP contribution in [0.5, 0.6) is 0 Å². The molecule has 0 unspecified atom stereocenters.